The second-order valence-electron chi connectivity index (χ2n) is 7.04. The quantitative estimate of drug-likeness (QED) is 0.742. The Morgan fingerprint density at radius 3 is 2.82 bits per heavy atom. The second kappa shape index (κ2) is 7.69. The molecule has 0 aliphatic heterocycles. The topological polar surface area (TPSA) is 92.8 Å². The van der Waals surface area contributed by atoms with E-state index in [1.54, 1.807) is 7.11 Å². The van der Waals surface area contributed by atoms with Crippen molar-refractivity contribution < 1.29 is 9.53 Å². The van der Waals surface area contributed by atoms with Crippen molar-refractivity contribution in [3.05, 3.63) is 47.9 Å². The molecule has 0 saturated heterocycles. The van der Waals surface area contributed by atoms with Gasteiger partial charge in [-0.15, -0.1) is 0 Å². The number of pyridine rings is 1. The first-order valence-corrected chi connectivity index (χ1v) is 9.41. The zero-order valence-corrected chi connectivity index (χ0v) is 15.7. The number of carbonyl (C=O) groups is 1. The number of nitrogens with one attached hydrogen (secondary N) is 1. The van der Waals surface area contributed by atoms with Crippen molar-refractivity contribution in [1.82, 2.24) is 14.8 Å². The van der Waals surface area contributed by atoms with Gasteiger partial charge in [0.2, 0.25) is 0 Å². The van der Waals surface area contributed by atoms with Gasteiger partial charge < -0.3 is 10.1 Å². The minimum absolute atomic E-state index is 0.319. The summed E-state index contributed by atoms with van der Waals surface area (Å²) in [5.74, 6) is 0.195. The third-order valence-corrected chi connectivity index (χ3v) is 5.17. The summed E-state index contributed by atoms with van der Waals surface area (Å²) in [5.41, 5.74) is 2.06. The van der Waals surface area contributed by atoms with Crippen molar-refractivity contribution in [2.75, 3.05) is 12.4 Å². The molecule has 0 unspecified atom stereocenters. The molecule has 7 heteroatoms. The minimum atomic E-state index is -0.345. The lowest BCUT2D eigenvalue weighted by Gasteiger charge is -2.21. The molecule has 142 valence electrons. The van der Waals surface area contributed by atoms with Crippen LogP contribution >= 0.6 is 0 Å². The van der Waals surface area contributed by atoms with Gasteiger partial charge in [0.15, 0.2) is 0 Å². The van der Waals surface area contributed by atoms with Crippen LogP contribution in [0, 0.1) is 11.3 Å². The van der Waals surface area contributed by atoms with Crippen LogP contribution in [0.25, 0.3) is 10.9 Å². The van der Waals surface area contributed by atoms with Crippen LogP contribution < -0.4 is 10.1 Å². The summed E-state index contributed by atoms with van der Waals surface area (Å²) in [5, 5.41) is 17.5. The third kappa shape index (κ3) is 3.54. The lowest BCUT2D eigenvalue weighted by atomic mass is 9.96. The van der Waals surface area contributed by atoms with Crippen molar-refractivity contribution in [2.45, 2.75) is 38.1 Å². The van der Waals surface area contributed by atoms with Crippen molar-refractivity contribution in [1.29, 1.82) is 5.26 Å². The van der Waals surface area contributed by atoms with Gasteiger partial charge in [0.1, 0.15) is 11.8 Å². The number of aromatic nitrogens is 3. The molecule has 1 amide bonds. The number of anilines is 1. The average molecular weight is 375 g/mol. The Hall–Kier alpha value is -3.40. The first-order chi connectivity index (χ1) is 13.7. The average Bonchev–Trinajstić information content (AvgIpc) is 3.16. The number of nitriles is 1. The molecule has 4 rings (SSSR count). The highest BCUT2D eigenvalue weighted by Gasteiger charge is 2.18. The monoisotopic (exact) mass is 375 g/mol. The minimum Gasteiger partial charge on any atom is -0.494 e. The van der Waals surface area contributed by atoms with Crippen LogP contribution in [0.4, 0.5) is 5.69 Å². The molecule has 3 aromatic rings. The van der Waals surface area contributed by atoms with E-state index in [1.807, 2.05) is 24.4 Å². The maximum absolute atomic E-state index is 12.6. The maximum atomic E-state index is 12.6. The van der Waals surface area contributed by atoms with Crippen LogP contribution in [0.3, 0.4) is 0 Å². The third-order valence-electron chi connectivity index (χ3n) is 5.17. The Morgan fingerprint density at radius 1 is 1.25 bits per heavy atom. The molecule has 1 aliphatic carbocycles. The van der Waals surface area contributed by atoms with E-state index in [0.29, 0.717) is 28.6 Å². The van der Waals surface area contributed by atoms with Gasteiger partial charge in [-0.3, -0.25) is 14.5 Å². The summed E-state index contributed by atoms with van der Waals surface area (Å²) >= 11 is 0. The lowest BCUT2D eigenvalue weighted by molar-refractivity contribution is 0.102. The van der Waals surface area contributed by atoms with E-state index >= 15 is 0 Å². The van der Waals surface area contributed by atoms with E-state index < -0.39 is 0 Å². The van der Waals surface area contributed by atoms with Crippen molar-refractivity contribution in [2.24, 2.45) is 0 Å². The molecule has 7 nitrogen and oxygen atoms in total. The highest BCUT2D eigenvalue weighted by molar-refractivity contribution is 6.06. The van der Waals surface area contributed by atoms with Crippen LogP contribution in [0.2, 0.25) is 0 Å². The van der Waals surface area contributed by atoms with Gasteiger partial charge in [0.05, 0.1) is 35.5 Å². The zero-order valence-electron chi connectivity index (χ0n) is 15.7. The van der Waals surface area contributed by atoms with Crippen molar-refractivity contribution in [3.63, 3.8) is 0 Å². The molecule has 28 heavy (non-hydrogen) atoms. The van der Waals surface area contributed by atoms with Crippen LogP contribution in [0.1, 0.15) is 54.1 Å². The van der Waals surface area contributed by atoms with E-state index in [4.69, 9.17) is 15.1 Å². The molecule has 2 aromatic heterocycles. The summed E-state index contributed by atoms with van der Waals surface area (Å²) in [7, 11) is 1.56. The molecule has 0 radical (unpaired) electrons. The Bertz CT molecular complexity index is 1060. The lowest BCUT2D eigenvalue weighted by Crippen LogP contribution is -2.13. The molecule has 1 saturated carbocycles. The van der Waals surface area contributed by atoms with Gasteiger partial charge in [-0.25, -0.2) is 0 Å². The number of nitrogens with zero attached hydrogens (tertiary/aromatic N) is 4. The fraction of sp³-hybridized carbons (Fsp3) is 0.333. The van der Waals surface area contributed by atoms with E-state index in [9.17, 15) is 4.79 Å². The molecular weight excluding hydrogens is 354 g/mol. The largest absolute Gasteiger partial charge is 0.494 e. The highest BCUT2D eigenvalue weighted by atomic mass is 16.5. The predicted octanol–water partition coefficient (Wildman–Crippen LogP) is 4.07. The van der Waals surface area contributed by atoms with Gasteiger partial charge in [0, 0.05) is 30.0 Å². The Labute approximate surface area is 162 Å². The first kappa shape index (κ1) is 18.0. The second-order valence-corrected chi connectivity index (χ2v) is 7.04. The summed E-state index contributed by atoms with van der Waals surface area (Å²) < 4.78 is 7.51. The van der Waals surface area contributed by atoms with Gasteiger partial charge >= 0.3 is 0 Å². The first-order valence-electron chi connectivity index (χ1n) is 9.41. The van der Waals surface area contributed by atoms with E-state index in [-0.39, 0.29) is 5.91 Å². The van der Waals surface area contributed by atoms with E-state index in [0.717, 1.165) is 23.7 Å². The van der Waals surface area contributed by atoms with Crippen LogP contribution in [0.15, 0.2) is 36.8 Å². The van der Waals surface area contributed by atoms with Crippen LogP contribution in [-0.4, -0.2) is 27.8 Å². The van der Waals surface area contributed by atoms with E-state index in [1.165, 1.54) is 37.7 Å². The molecular formula is C21H21N5O2. The van der Waals surface area contributed by atoms with Gasteiger partial charge in [-0.05, 0) is 25.0 Å². The van der Waals surface area contributed by atoms with Crippen LogP contribution in [-0.2, 0) is 0 Å². The standard InChI is InChI=1S/C21H21N5O2/c1-28-20-9-18-16(13-26(25-18)17-5-3-2-4-6-17)8-19(20)24-21(27)15-7-14(10-22)11-23-12-15/h7-9,11-13,17H,2-6H2,1H3,(H,24,27). The molecule has 1 aromatic carbocycles. The summed E-state index contributed by atoms with van der Waals surface area (Å²) in [6.45, 7) is 0. The molecule has 0 spiro atoms. The number of benzene rings is 1. The SMILES string of the molecule is COc1cc2nn(C3CCCCC3)cc2cc1NC(=O)c1cncc(C#N)c1. The summed E-state index contributed by atoms with van der Waals surface area (Å²) in [6.07, 6.45) is 11.0. The maximum Gasteiger partial charge on any atom is 0.257 e. The molecule has 0 atom stereocenters. The Balaban J connectivity index is 1.64. The molecule has 1 fully saturated rings. The summed E-state index contributed by atoms with van der Waals surface area (Å²) in [6, 6.07) is 7.65. The molecule has 1 N–H and O–H groups in total. The van der Waals surface area contributed by atoms with Gasteiger partial charge in [-0.1, -0.05) is 19.3 Å². The number of fused-ring (bicyclic) bond motifs is 1. The number of ether oxygens (including phenoxy) is 1. The van der Waals surface area contributed by atoms with Crippen molar-refractivity contribution >= 4 is 22.5 Å². The number of amides is 1. The van der Waals surface area contributed by atoms with Gasteiger partial charge in [0.25, 0.3) is 5.91 Å². The fourth-order valence-corrected chi connectivity index (χ4v) is 3.69. The van der Waals surface area contributed by atoms with Gasteiger partial charge in [-0.2, -0.15) is 10.4 Å². The number of methoxy groups -OCH3 is 1. The Morgan fingerprint density at radius 2 is 2.07 bits per heavy atom. The number of hydrogen-bond acceptors (Lipinski definition) is 5. The number of carbonyl (C=O) groups excluding carboxylic acids is 1. The van der Waals surface area contributed by atoms with E-state index in [2.05, 4.69) is 15.0 Å². The number of rotatable bonds is 4. The Kier molecular flexibility index (Phi) is 4.94. The van der Waals surface area contributed by atoms with Crippen molar-refractivity contribution in [3.8, 4) is 11.8 Å². The molecule has 2 heterocycles. The molecule has 1 aliphatic rings. The smallest absolute Gasteiger partial charge is 0.257 e. The zero-order chi connectivity index (χ0) is 19.5. The van der Waals surface area contributed by atoms with Crippen LogP contribution in [0.5, 0.6) is 5.75 Å². The predicted molar refractivity (Wildman–Crippen MR) is 105 cm³/mol. The normalized spacial score (nSPS) is 14.6. The number of hydrogen-bond donors (Lipinski definition) is 1. The molecule has 0 bridgehead atoms. The fourth-order valence-electron chi connectivity index (χ4n) is 3.69. The highest BCUT2D eigenvalue weighted by Crippen LogP contribution is 2.33. The summed E-state index contributed by atoms with van der Waals surface area (Å²) in [4.78, 5) is 16.5.